The van der Waals surface area contributed by atoms with E-state index in [1.54, 1.807) is 54.6 Å². The number of hydrazone groups is 3. The van der Waals surface area contributed by atoms with E-state index < -0.39 is 42.3 Å². The van der Waals surface area contributed by atoms with Crippen molar-refractivity contribution in [2.45, 2.75) is 109 Å². The summed E-state index contributed by atoms with van der Waals surface area (Å²) >= 11 is 18.0. The van der Waals surface area contributed by atoms with Crippen LogP contribution in [-0.4, -0.2) is 82.2 Å². The molecule has 0 aliphatic heterocycles. The number of carbonyl (C=O) groups is 1. The van der Waals surface area contributed by atoms with Gasteiger partial charge in [0.1, 0.15) is 29.3 Å². The van der Waals surface area contributed by atoms with Crippen molar-refractivity contribution in [3.63, 3.8) is 0 Å². The molecule has 360 valence electrons. The summed E-state index contributed by atoms with van der Waals surface area (Å²) in [4.78, 5) is 14.0. The van der Waals surface area contributed by atoms with Crippen molar-refractivity contribution < 1.29 is 23.7 Å². The van der Waals surface area contributed by atoms with Crippen LogP contribution >= 0.6 is 20.5 Å². The van der Waals surface area contributed by atoms with Gasteiger partial charge in [-0.3, -0.25) is 4.79 Å². The van der Waals surface area contributed by atoms with Crippen LogP contribution in [0.15, 0.2) is 117 Å². The molecule has 0 aliphatic carbocycles. The van der Waals surface area contributed by atoms with Crippen LogP contribution in [0.1, 0.15) is 115 Å². The van der Waals surface area contributed by atoms with Gasteiger partial charge in [0.05, 0.1) is 39.8 Å². The fourth-order valence-corrected chi connectivity index (χ4v) is 11.7. The van der Waals surface area contributed by atoms with Gasteiger partial charge in [0, 0.05) is 51.0 Å². The molecule has 14 nitrogen and oxygen atoms in total. The second-order valence-corrected chi connectivity index (χ2v) is 26.3. The highest BCUT2D eigenvalue weighted by molar-refractivity contribution is 8.05. The Morgan fingerprint density at radius 1 is 0.544 bits per heavy atom. The summed E-state index contributed by atoms with van der Waals surface area (Å²) in [6.45, 7) is 12.1. The van der Waals surface area contributed by atoms with Crippen molar-refractivity contribution >= 4 is 80.9 Å². The first-order chi connectivity index (χ1) is 32.2. The molecule has 0 spiro atoms. The number of hydrogen-bond acceptors (Lipinski definition) is 12. The third kappa shape index (κ3) is 16.1. The summed E-state index contributed by atoms with van der Waals surface area (Å²) in [5, 5.41) is 15.9. The largest absolute Gasteiger partial charge is 0.481 e. The Kier molecular flexibility index (Phi) is 20.9. The van der Waals surface area contributed by atoms with Gasteiger partial charge in [0.15, 0.2) is 41.1 Å². The molecule has 0 saturated heterocycles. The highest BCUT2D eigenvalue weighted by atomic mass is 32.4. The number of azide groups is 1. The SMILES string of the molecule is CCCC(C)(N=[N+]=[N-])Oc1ccc(/C=N/N(C)[P+](=S)C(C)(CCC)Oc2ccc(/C=N/N(C)[P+](=S)C(C)(CC)Oc3ccc(/C=N/N(C)[P+](=S)C(C)(C)Oc4ccc(C=O)cc4)cc3)cc2)cc1. The molecule has 0 saturated carbocycles. The summed E-state index contributed by atoms with van der Waals surface area (Å²) in [5.41, 5.74) is 11.3. The lowest BCUT2D eigenvalue weighted by Crippen LogP contribution is -2.31. The molecule has 4 aromatic carbocycles. The predicted octanol–water partition coefficient (Wildman–Crippen LogP) is 13.7. The van der Waals surface area contributed by atoms with E-state index >= 15 is 0 Å². The summed E-state index contributed by atoms with van der Waals surface area (Å²) in [6, 6.07) is 29.9. The van der Waals surface area contributed by atoms with Crippen molar-refractivity contribution in [1.29, 1.82) is 0 Å². The zero-order valence-corrected chi connectivity index (χ0v) is 45.8. The normalized spacial score (nSPS) is 15.0. The van der Waals surface area contributed by atoms with E-state index in [0.29, 0.717) is 41.4 Å². The van der Waals surface area contributed by atoms with Gasteiger partial charge in [-0.05, 0) is 144 Å². The van der Waals surface area contributed by atoms with Crippen molar-refractivity contribution in [2.24, 2.45) is 20.4 Å². The van der Waals surface area contributed by atoms with Crippen LogP contribution in [0.4, 0.5) is 0 Å². The lowest BCUT2D eigenvalue weighted by Gasteiger charge is -2.25. The highest BCUT2D eigenvalue weighted by Gasteiger charge is 2.47. The fraction of sp³-hybridized carbons (Fsp3) is 0.417. The smallest absolute Gasteiger partial charge is 0.358 e. The predicted molar refractivity (Wildman–Crippen MR) is 291 cm³/mol. The van der Waals surface area contributed by atoms with Crippen LogP contribution in [0, 0.1) is 0 Å². The molecule has 4 rings (SSSR count). The molecular weight excluding hydrogens is 972 g/mol. The fourth-order valence-electron chi connectivity index (χ4n) is 6.70. The molecule has 6 unspecified atom stereocenters. The lowest BCUT2D eigenvalue weighted by atomic mass is 10.1. The zero-order chi connectivity index (χ0) is 50.1. The zero-order valence-electron chi connectivity index (χ0n) is 40.7. The first-order valence-electron chi connectivity index (χ1n) is 22.1. The third-order valence-corrected chi connectivity index (χ3v) is 21.6. The number of nitrogens with zero attached hydrogens (tertiary/aromatic N) is 9. The average molecular weight is 1040 g/mol. The van der Waals surface area contributed by atoms with Gasteiger partial charge < -0.3 is 18.9 Å². The second kappa shape index (κ2) is 25.6. The molecule has 4 aromatic rings. The maximum absolute atomic E-state index is 11.0. The van der Waals surface area contributed by atoms with E-state index in [1.807, 2.05) is 138 Å². The first kappa shape index (κ1) is 55.6. The van der Waals surface area contributed by atoms with Crippen molar-refractivity contribution in [1.82, 2.24) is 14.3 Å². The van der Waals surface area contributed by atoms with Crippen LogP contribution in [0.25, 0.3) is 10.4 Å². The van der Waals surface area contributed by atoms with Gasteiger partial charge in [0.25, 0.3) is 16.0 Å². The van der Waals surface area contributed by atoms with E-state index in [9.17, 15) is 4.79 Å². The van der Waals surface area contributed by atoms with Crippen molar-refractivity contribution in [3.8, 4) is 23.0 Å². The number of benzene rings is 4. The average Bonchev–Trinajstić information content (AvgIpc) is 3.32. The molecule has 0 aromatic heterocycles. The van der Waals surface area contributed by atoms with Crippen LogP contribution in [-0.2, 0) is 35.4 Å². The summed E-state index contributed by atoms with van der Waals surface area (Å²) in [6.07, 6.45) is 9.83. The Morgan fingerprint density at radius 2 is 0.897 bits per heavy atom. The van der Waals surface area contributed by atoms with Gasteiger partial charge in [-0.25, -0.2) is 0 Å². The Bertz CT molecular complexity index is 2500. The number of hydrogen-bond donors (Lipinski definition) is 0. The molecule has 68 heavy (non-hydrogen) atoms. The van der Waals surface area contributed by atoms with Crippen LogP contribution in [0.2, 0.25) is 0 Å². The van der Waals surface area contributed by atoms with Crippen LogP contribution in [0.5, 0.6) is 23.0 Å². The summed E-state index contributed by atoms with van der Waals surface area (Å²) < 4.78 is 30.8. The van der Waals surface area contributed by atoms with Crippen molar-refractivity contribution in [3.05, 3.63) is 130 Å². The highest BCUT2D eigenvalue weighted by Crippen LogP contribution is 2.48. The van der Waals surface area contributed by atoms with E-state index in [1.165, 1.54) is 0 Å². The van der Waals surface area contributed by atoms with Crippen LogP contribution in [0.3, 0.4) is 0 Å². The second-order valence-electron chi connectivity index (χ2n) is 16.8. The third-order valence-electron chi connectivity index (χ3n) is 10.6. The Hall–Kier alpha value is -4.97. The monoisotopic (exact) mass is 1030 g/mol. The number of rotatable bonds is 27. The minimum absolute atomic E-state index is 0.582. The van der Waals surface area contributed by atoms with Gasteiger partial charge in [-0.2, -0.15) is 0 Å². The molecule has 0 fully saturated rings. The summed E-state index contributed by atoms with van der Waals surface area (Å²) in [7, 11) is 5.60. The molecule has 0 bridgehead atoms. The number of carbonyl (C=O) groups excluding carboxylic acids is 1. The Morgan fingerprint density at radius 3 is 1.28 bits per heavy atom. The summed E-state index contributed by atoms with van der Waals surface area (Å²) in [5.74, 6) is 2.64. The van der Waals surface area contributed by atoms with Crippen molar-refractivity contribution in [2.75, 3.05) is 21.1 Å². The maximum atomic E-state index is 11.0. The number of ether oxygens (including phenoxy) is 4. The lowest BCUT2D eigenvalue weighted by molar-refractivity contribution is 0.0857. The Balaban J connectivity index is 1.33. The molecule has 6 atom stereocenters. The van der Waals surface area contributed by atoms with E-state index in [-0.39, 0.29) is 0 Å². The molecule has 20 heteroatoms. The van der Waals surface area contributed by atoms with Crippen LogP contribution < -0.4 is 18.9 Å². The molecule has 0 radical (unpaired) electrons. The minimum Gasteiger partial charge on any atom is -0.481 e. The van der Waals surface area contributed by atoms with Gasteiger partial charge in [-0.15, -0.1) is 29.6 Å². The van der Waals surface area contributed by atoms with Gasteiger partial charge in [-0.1, -0.05) is 27.2 Å². The first-order valence-corrected chi connectivity index (χ1v) is 29.1. The van der Waals surface area contributed by atoms with Gasteiger partial charge >= 0.3 is 20.5 Å². The molecule has 0 amide bonds. The standard InChI is InChI=1S/C48H63N9O5P3S3/c1-12-31-46(6,53-54-49)60-42-23-15-37(16-24-42)35-52-57(11)65(68)48(8,32-13-2)62-44-27-19-39(20-28-44)34-51-56(10)64(67)47(7,14-3)61-43-25-17-38(18-26-43)33-50-55(9)63(66)45(4,5)59-41-29-21-40(36-58)22-30-41/h15-30,33-36H,12-14,31-32H2,1-11H3/q+3/b50-33+,51-34+,52-35+. The van der Waals surface area contributed by atoms with Gasteiger partial charge in [0.2, 0.25) is 0 Å². The molecule has 0 aliphatic rings. The van der Waals surface area contributed by atoms with E-state index in [0.717, 1.165) is 42.2 Å². The molecule has 0 heterocycles. The Labute approximate surface area is 420 Å². The maximum Gasteiger partial charge on any atom is 0.358 e. The molecule has 0 N–H and O–H groups in total. The quantitative estimate of drug-likeness (QED) is 0.0107. The number of aldehydes is 1. The topological polar surface area (TPSA) is 150 Å². The van der Waals surface area contributed by atoms with E-state index in [4.69, 9.17) is 70.1 Å². The van der Waals surface area contributed by atoms with E-state index in [2.05, 4.69) is 29.0 Å². The molecular formula is C48H63N9O5P3S3+3. The minimum atomic E-state index is -1.28.